The number of carboxylic acid groups (broad SMARTS) is 1. The molecule has 1 unspecified atom stereocenters. The highest BCUT2D eigenvalue weighted by atomic mass is 19.1. The lowest BCUT2D eigenvalue weighted by molar-refractivity contribution is -0.137. The van der Waals surface area contributed by atoms with E-state index in [1.54, 1.807) is 12.1 Å². The number of amides is 2. The van der Waals surface area contributed by atoms with Gasteiger partial charge in [-0.2, -0.15) is 0 Å². The van der Waals surface area contributed by atoms with Crippen LogP contribution in [0.15, 0.2) is 24.3 Å². The summed E-state index contributed by atoms with van der Waals surface area (Å²) in [5.74, 6) is -1.05. The first kappa shape index (κ1) is 15.9. The summed E-state index contributed by atoms with van der Waals surface area (Å²) >= 11 is 0. The lowest BCUT2D eigenvalue weighted by atomic mass is 10.1. The van der Waals surface area contributed by atoms with Gasteiger partial charge >= 0.3 is 12.0 Å². The van der Waals surface area contributed by atoms with Gasteiger partial charge in [0.1, 0.15) is 5.82 Å². The van der Waals surface area contributed by atoms with Gasteiger partial charge < -0.3 is 15.7 Å². The van der Waals surface area contributed by atoms with Crippen molar-refractivity contribution >= 4 is 12.0 Å². The van der Waals surface area contributed by atoms with Crippen molar-refractivity contribution in [2.45, 2.75) is 26.3 Å². The Hall–Kier alpha value is -2.11. The number of carbonyl (C=O) groups is 2. The Labute approximate surface area is 117 Å². The normalized spacial score (nSPS) is 11.7. The Morgan fingerprint density at radius 3 is 2.50 bits per heavy atom. The number of nitrogens with one attached hydrogen (secondary N) is 2. The second-order valence-corrected chi connectivity index (χ2v) is 4.73. The number of hydrogen-bond donors (Lipinski definition) is 3. The molecule has 0 saturated heterocycles. The minimum absolute atomic E-state index is 0.0973. The fourth-order valence-corrected chi connectivity index (χ4v) is 1.59. The van der Waals surface area contributed by atoms with Crippen LogP contribution in [-0.2, 0) is 11.3 Å². The smallest absolute Gasteiger partial charge is 0.315 e. The summed E-state index contributed by atoms with van der Waals surface area (Å²) in [4.78, 5) is 21.9. The molecule has 2 amide bonds. The second kappa shape index (κ2) is 8.14. The van der Waals surface area contributed by atoms with E-state index in [0.717, 1.165) is 5.56 Å². The van der Waals surface area contributed by atoms with Gasteiger partial charge in [0.25, 0.3) is 0 Å². The molecule has 1 atom stereocenters. The maximum absolute atomic E-state index is 12.7. The molecule has 6 heteroatoms. The predicted molar refractivity (Wildman–Crippen MR) is 72.7 cm³/mol. The molecule has 0 saturated carbocycles. The summed E-state index contributed by atoms with van der Waals surface area (Å²) in [7, 11) is 0. The van der Waals surface area contributed by atoms with Gasteiger partial charge in [-0.15, -0.1) is 0 Å². The highest BCUT2D eigenvalue weighted by molar-refractivity contribution is 5.73. The maximum Gasteiger partial charge on any atom is 0.315 e. The number of aliphatic carboxylic acids is 1. The minimum Gasteiger partial charge on any atom is -0.481 e. The number of urea groups is 1. The lowest BCUT2D eigenvalue weighted by Gasteiger charge is -2.12. The van der Waals surface area contributed by atoms with Crippen molar-refractivity contribution in [1.29, 1.82) is 0 Å². The third-order valence-corrected chi connectivity index (χ3v) is 2.83. The van der Waals surface area contributed by atoms with Crippen LogP contribution < -0.4 is 10.6 Å². The number of halogens is 1. The highest BCUT2D eigenvalue weighted by Gasteiger charge is 2.07. The summed E-state index contributed by atoms with van der Waals surface area (Å²) in [5, 5.41) is 13.9. The minimum atomic E-state index is -0.836. The molecule has 0 aromatic heterocycles. The third kappa shape index (κ3) is 6.72. The fourth-order valence-electron chi connectivity index (χ4n) is 1.59. The van der Waals surface area contributed by atoms with Gasteiger partial charge in [-0.3, -0.25) is 4.79 Å². The SMILES string of the molecule is CC(CCC(=O)O)CNC(=O)NCc1ccc(F)cc1. The van der Waals surface area contributed by atoms with Crippen molar-refractivity contribution in [2.24, 2.45) is 5.92 Å². The van der Waals surface area contributed by atoms with Crippen molar-refractivity contribution in [3.8, 4) is 0 Å². The van der Waals surface area contributed by atoms with Crippen LogP contribution in [0, 0.1) is 11.7 Å². The van der Waals surface area contributed by atoms with Crippen molar-refractivity contribution in [3.63, 3.8) is 0 Å². The van der Waals surface area contributed by atoms with Gasteiger partial charge in [0.2, 0.25) is 0 Å². The molecule has 0 aliphatic carbocycles. The highest BCUT2D eigenvalue weighted by Crippen LogP contribution is 2.04. The molecule has 0 spiro atoms. The van der Waals surface area contributed by atoms with Gasteiger partial charge in [0, 0.05) is 19.5 Å². The first-order valence-corrected chi connectivity index (χ1v) is 6.45. The average molecular weight is 282 g/mol. The maximum atomic E-state index is 12.7. The van der Waals surface area contributed by atoms with E-state index in [-0.39, 0.29) is 24.2 Å². The van der Waals surface area contributed by atoms with E-state index in [9.17, 15) is 14.0 Å². The zero-order chi connectivity index (χ0) is 15.0. The van der Waals surface area contributed by atoms with E-state index in [1.165, 1.54) is 12.1 Å². The van der Waals surface area contributed by atoms with Crippen LogP contribution in [0.25, 0.3) is 0 Å². The van der Waals surface area contributed by atoms with Gasteiger partial charge in [-0.1, -0.05) is 19.1 Å². The first-order valence-electron chi connectivity index (χ1n) is 6.45. The zero-order valence-electron chi connectivity index (χ0n) is 11.4. The van der Waals surface area contributed by atoms with Crippen LogP contribution in [0.1, 0.15) is 25.3 Å². The number of rotatable bonds is 7. The Bertz CT molecular complexity index is 448. The van der Waals surface area contributed by atoms with Gasteiger partial charge in [0.15, 0.2) is 0 Å². The largest absolute Gasteiger partial charge is 0.481 e. The Balaban J connectivity index is 2.20. The monoisotopic (exact) mass is 282 g/mol. The molecule has 0 heterocycles. The van der Waals surface area contributed by atoms with Crippen molar-refractivity contribution < 1.29 is 19.1 Å². The molecule has 20 heavy (non-hydrogen) atoms. The van der Waals surface area contributed by atoms with E-state index in [2.05, 4.69) is 10.6 Å². The number of carboxylic acids is 1. The average Bonchev–Trinajstić information content (AvgIpc) is 2.42. The van der Waals surface area contributed by atoms with Crippen LogP contribution in [0.3, 0.4) is 0 Å². The van der Waals surface area contributed by atoms with Crippen LogP contribution in [0.4, 0.5) is 9.18 Å². The van der Waals surface area contributed by atoms with Crippen LogP contribution in [0.2, 0.25) is 0 Å². The molecular weight excluding hydrogens is 263 g/mol. The van der Waals surface area contributed by atoms with Gasteiger partial charge in [-0.05, 0) is 30.0 Å². The standard InChI is InChI=1S/C14H19FN2O3/c1-10(2-7-13(18)19)8-16-14(20)17-9-11-3-5-12(15)6-4-11/h3-6,10H,2,7-9H2,1H3,(H,18,19)(H2,16,17,20). The first-order chi connectivity index (χ1) is 9.47. The van der Waals surface area contributed by atoms with E-state index in [4.69, 9.17) is 5.11 Å². The molecule has 1 rings (SSSR count). The van der Waals surface area contributed by atoms with Crippen molar-refractivity contribution in [3.05, 3.63) is 35.6 Å². The molecule has 0 bridgehead atoms. The third-order valence-electron chi connectivity index (χ3n) is 2.83. The summed E-state index contributed by atoms with van der Waals surface area (Å²) in [6.07, 6.45) is 0.619. The fraction of sp³-hybridized carbons (Fsp3) is 0.429. The van der Waals surface area contributed by atoms with E-state index in [0.29, 0.717) is 19.5 Å². The summed E-state index contributed by atoms with van der Waals surface area (Å²) in [6.45, 7) is 2.61. The molecule has 110 valence electrons. The summed E-state index contributed by atoms with van der Waals surface area (Å²) in [6, 6.07) is 5.55. The van der Waals surface area contributed by atoms with Crippen LogP contribution >= 0.6 is 0 Å². The molecule has 0 fully saturated rings. The van der Waals surface area contributed by atoms with E-state index in [1.807, 2.05) is 6.92 Å². The molecular formula is C14H19FN2O3. The number of carbonyl (C=O) groups excluding carboxylic acids is 1. The number of hydrogen-bond acceptors (Lipinski definition) is 2. The zero-order valence-corrected chi connectivity index (χ0v) is 11.4. The van der Waals surface area contributed by atoms with Gasteiger partial charge in [0.05, 0.1) is 0 Å². The van der Waals surface area contributed by atoms with Crippen molar-refractivity contribution in [2.75, 3.05) is 6.54 Å². The van der Waals surface area contributed by atoms with E-state index >= 15 is 0 Å². The Morgan fingerprint density at radius 1 is 1.25 bits per heavy atom. The van der Waals surface area contributed by atoms with Crippen LogP contribution in [0.5, 0.6) is 0 Å². The molecule has 0 radical (unpaired) electrons. The summed E-state index contributed by atoms with van der Waals surface area (Å²) < 4.78 is 12.7. The second-order valence-electron chi connectivity index (χ2n) is 4.73. The molecule has 5 nitrogen and oxygen atoms in total. The van der Waals surface area contributed by atoms with Crippen LogP contribution in [-0.4, -0.2) is 23.7 Å². The molecule has 3 N–H and O–H groups in total. The lowest BCUT2D eigenvalue weighted by Crippen LogP contribution is -2.37. The van der Waals surface area contributed by atoms with E-state index < -0.39 is 5.97 Å². The molecule has 0 aliphatic heterocycles. The predicted octanol–water partition coefficient (Wildman–Crippen LogP) is 2.13. The summed E-state index contributed by atoms with van der Waals surface area (Å²) in [5.41, 5.74) is 0.806. The van der Waals surface area contributed by atoms with Crippen molar-refractivity contribution in [1.82, 2.24) is 10.6 Å². The van der Waals surface area contributed by atoms with Gasteiger partial charge in [-0.25, -0.2) is 9.18 Å². The molecule has 1 aromatic carbocycles. The Kier molecular flexibility index (Phi) is 6.49. The molecule has 0 aliphatic rings. The topological polar surface area (TPSA) is 78.4 Å². The quantitative estimate of drug-likeness (QED) is 0.717. The molecule has 1 aromatic rings. The Morgan fingerprint density at radius 2 is 1.90 bits per heavy atom. The number of benzene rings is 1.